The Bertz CT molecular complexity index is 101. The Morgan fingerprint density at radius 1 is 0.909 bits per heavy atom. The van der Waals surface area contributed by atoms with Crippen LogP contribution < -0.4 is 0 Å². The van der Waals surface area contributed by atoms with Gasteiger partial charge in [0.25, 0.3) is 0 Å². The van der Waals surface area contributed by atoms with E-state index >= 15 is 0 Å². The normalized spacial score (nSPS) is 28.9. The van der Waals surface area contributed by atoms with Gasteiger partial charge >= 0.3 is 0 Å². The minimum Gasteiger partial charge on any atom is -0.370 e. The van der Waals surface area contributed by atoms with E-state index < -0.39 is 0 Å². The van der Waals surface area contributed by atoms with E-state index in [4.69, 9.17) is 4.74 Å². The average Bonchev–Trinajstić information content (AvgIpc) is 2.70. The maximum absolute atomic E-state index is 5.50. The molecule has 0 aliphatic carbocycles. The van der Waals surface area contributed by atoms with Gasteiger partial charge in [-0.3, -0.25) is 0 Å². The first kappa shape index (κ1) is 9.05. The molecular weight excluding hydrogens is 136 g/mol. The molecule has 11 heavy (non-hydrogen) atoms. The smallest absolute Gasteiger partial charge is 0.0841 e. The van der Waals surface area contributed by atoms with E-state index in [-0.39, 0.29) is 0 Å². The third kappa shape index (κ3) is 3.24. The van der Waals surface area contributed by atoms with Gasteiger partial charge in [-0.1, -0.05) is 39.5 Å². The highest BCUT2D eigenvalue weighted by Crippen LogP contribution is 2.30. The van der Waals surface area contributed by atoms with Crippen LogP contribution in [0.2, 0.25) is 0 Å². The monoisotopic (exact) mass is 156 g/mol. The third-order valence-corrected chi connectivity index (χ3v) is 2.35. The fourth-order valence-electron chi connectivity index (χ4n) is 1.57. The van der Waals surface area contributed by atoms with E-state index in [1.807, 2.05) is 0 Å². The summed E-state index contributed by atoms with van der Waals surface area (Å²) in [5.41, 5.74) is 0. The van der Waals surface area contributed by atoms with Gasteiger partial charge in [0.1, 0.15) is 0 Å². The summed E-state index contributed by atoms with van der Waals surface area (Å²) in [5.74, 6) is 0. The lowest BCUT2D eigenvalue weighted by atomic mass is 10.1. The van der Waals surface area contributed by atoms with Gasteiger partial charge in [0.05, 0.1) is 12.2 Å². The van der Waals surface area contributed by atoms with Crippen molar-refractivity contribution in [1.82, 2.24) is 0 Å². The fourth-order valence-corrected chi connectivity index (χ4v) is 1.57. The molecule has 1 fully saturated rings. The highest BCUT2D eigenvalue weighted by Gasteiger charge is 2.36. The number of hydrogen-bond acceptors (Lipinski definition) is 1. The van der Waals surface area contributed by atoms with Crippen molar-refractivity contribution in [3.8, 4) is 0 Å². The number of ether oxygens (including phenoxy) is 1. The van der Waals surface area contributed by atoms with Crippen molar-refractivity contribution < 1.29 is 4.74 Å². The molecule has 0 amide bonds. The molecule has 1 heteroatoms. The summed E-state index contributed by atoms with van der Waals surface area (Å²) < 4.78 is 5.50. The second-order valence-corrected chi connectivity index (χ2v) is 3.50. The van der Waals surface area contributed by atoms with Gasteiger partial charge in [0, 0.05) is 0 Å². The Balaban J connectivity index is 1.87. The van der Waals surface area contributed by atoms with Gasteiger partial charge in [-0.05, 0) is 12.8 Å². The molecule has 1 heterocycles. The molecule has 0 spiro atoms. The van der Waals surface area contributed by atoms with Gasteiger partial charge in [-0.2, -0.15) is 0 Å². The first-order chi connectivity index (χ1) is 5.38. The van der Waals surface area contributed by atoms with E-state index in [1.54, 1.807) is 0 Å². The number of epoxide rings is 1. The maximum atomic E-state index is 5.50. The highest BCUT2D eigenvalue weighted by atomic mass is 16.6. The molecule has 1 aliphatic heterocycles. The van der Waals surface area contributed by atoms with Crippen molar-refractivity contribution in [2.75, 3.05) is 0 Å². The molecule has 66 valence electrons. The van der Waals surface area contributed by atoms with E-state index in [1.165, 1.54) is 38.5 Å². The van der Waals surface area contributed by atoms with Crippen LogP contribution in [-0.4, -0.2) is 12.2 Å². The van der Waals surface area contributed by atoms with Gasteiger partial charge in [-0.15, -0.1) is 0 Å². The summed E-state index contributed by atoms with van der Waals surface area (Å²) in [7, 11) is 0. The molecule has 0 aromatic rings. The maximum Gasteiger partial charge on any atom is 0.0841 e. The van der Waals surface area contributed by atoms with Crippen LogP contribution in [0, 0.1) is 0 Å². The second kappa shape index (κ2) is 4.76. The van der Waals surface area contributed by atoms with Crippen molar-refractivity contribution in [2.45, 2.75) is 64.6 Å². The van der Waals surface area contributed by atoms with E-state index in [2.05, 4.69) is 13.8 Å². The van der Waals surface area contributed by atoms with Gasteiger partial charge < -0.3 is 4.74 Å². The molecule has 1 aliphatic rings. The Labute approximate surface area is 70.1 Å². The zero-order valence-corrected chi connectivity index (χ0v) is 7.81. The molecular formula is C10H20O. The van der Waals surface area contributed by atoms with E-state index in [9.17, 15) is 0 Å². The first-order valence-electron chi connectivity index (χ1n) is 5.04. The molecule has 0 aromatic heterocycles. The first-order valence-corrected chi connectivity index (χ1v) is 5.04. The summed E-state index contributed by atoms with van der Waals surface area (Å²) in [6, 6.07) is 0. The summed E-state index contributed by atoms with van der Waals surface area (Å²) in [6.45, 7) is 4.47. The molecule has 0 saturated carbocycles. The largest absolute Gasteiger partial charge is 0.370 e. The topological polar surface area (TPSA) is 12.5 Å². The quantitative estimate of drug-likeness (QED) is 0.425. The van der Waals surface area contributed by atoms with Crippen LogP contribution in [0.5, 0.6) is 0 Å². The molecule has 1 saturated heterocycles. The van der Waals surface area contributed by atoms with Gasteiger partial charge in [-0.25, -0.2) is 0 Å². The Morgan fingerprint density at radius 3 is 2.27 bits per heavy atom. The van der Waals surface area contributed by atoms with Crippen molar-refractivity contribution in [3.05, 3.63) is 0 Å². The Hall–Kier alpha value is -0.0400. The summed E-state index contributed by atoms with van der Waals surface area (Å²) in [4.78, 5) is 0. The van der Waals surface area contributed by atoms with E-state index in [0.29, 0.717) is 12.2 Å². The number of rotatable bonds is 6. The van der Waals surface area contributed by atoms with Gasteiger partial charge in [0.15, 0.2) is 0 Å². The van der Waals surface area contributed by atoms with Crippen LogP contribution in [0.1, 0.15) is 52.4 Å². The molecule has 0 N–H and O–H groups in total. The lowest BCUT2D eigenvalue weighted by Crippen LogP contribution is -1.92. The van der Waals surface area contributed by atoms with Crippen LogP contribution in [0.25, 0.3) is 0 Å². The molecule has 2 atom stereocenters. The van der Waals surface area contributed by atoms with Crippen LogP contribution >= 0.6 is 0 Å². The SMILES string of the molecule is CCCCC[C@@H]1O[C@@H]1CCC. The highest BCUT2D eigenvalue weighted by molar-refractivity contribution is 4.83. The lowest BCUT2D eigenvalue weighted by molar-refractivity contribution is 0.351. The third-order valence-electron chi connectivity index (χ3n) is 2.35. The molecule has 0 aromatic carbocycles. The van der Waals surface area contributed by atoms with Gasteiger partial charge in [0.2, 0.25) is 0 Å². The molecule has 0 bridgehead atoms. The fraction of sp³-hybridized carbons (Fsp3) is 1.00. The van der Waals surface area contributed by atoms with Crippen LogP contribution in [0.4, 0.5) is 0 Å². The second-order valence-electron chi connectivity index (χ2n) is 3.50. The molecule has 1 rings (SSSR count). The standard InChI is InChI=1S/C10H20O/c1-3-5-6-8-10-9(11-10)7-4-2/h9-10H,3-8H2,1-2H3/t9-,10+/m1/s1. The zero-order chi connectivity index (χ0) is 8.10. The Morgan fingerprint density at radius 2 is 1.64 bits per heavy atom. The predicted molar refractivity (Wildman–Crippen MR) is 47.7 cm³/mol. The summed E-state index contributed by atoms with van der Waals surface area (Å²) in [5, 5.41) is 0. The van der Waals surface area contributed by atoms with Crippen molar-refractivity contribution in [1.29, 1.82) is 0 Å². The molecule has 0 unspecified atom stereocenters. The summed E-state index contributed by atoms with van der Waals surface area (Å²) in [6.07, 6.45) is 9.19. The molecule has 1 nitrogen and oxygen atoms in total. The van der Waals surface area contributed by atoms with Crippen LogP contribution in [0.3, 0.4) is 0 Å². The van der Waals surface area contributed by atoms with Crippen LogP contribution in [-0.2, 0) is 4.74 Å². The number of hydrogen-bond donors (Lipinski definition) is 0. The lowest BCUT2D eigenvalue weighted by Gasteiger charge is -1.93. The minimum atomic E-state index is 0.636. The Kier molecular flexibility index (Phi) is 3.92. The average molecular weight is 156 g/mol. The van der Waals surface area contributed by atoms with Crippen molar-refractivity contribution in [2.24, 2.45) is 0 Å². The van der Waals surface area contributed by atoms with Crippen molar-refractivity contribution in [3.63, 3.8) is 0 Å². The van der Waals surface area contributed by atoms with E-state index in [0.717, 1.165) is 0 Å². The van der Waals surface area contributed by atoms with Crippen molar-refractivity contribution >= 4 is 0 Å². The van der Waals surface area contributed by atoms with Crippen LogP contribution in [0.15, 0.2) is 0 Å². The summed E-state index contributed by atoms with van der Waals surface area (Å²) >= 11 is 0. The number of unbranched alkanes of at least 4 members (excludes halogenated alkanes) is 2. The zero-order valence-electron chi connectivity index (χ0n) is 7.81. The predicted octanol–water partition coefficient (Wildman–Crippen LogP) is 3.13. The molecule has 0 radical (unpaired) electrons. The minimum absolute atomic E-state index is 0.636.